The van der Waals surface area contributed by atoms with Crippen molar-refractivity contribution >= 4 is 23.6 Å². The number of nitrogens with one attached hydrogen (secondary N) is 2. The van der Waals surface area contributed by atoms with Crippen molar-refractivity contribution in [2.75, 3.05) is 32.1 Å². The summed E-state index contributed by atoms with van der Waals surface area (Å²) in [6.07, 6.45) is -0.799. The van der Waals surface area contributed by atoms with Crippen LogP contribution < -0.4 is 15.4 Å². The van der Waals surface area contributed by atoms with Crippen LogP contribution in [0.1, 0.15) is 37.9 Å². The summed E-state index contributed by atoms with van der Waals surface area (Å²) in [5.41, 5.74) is 0.366. The van der Waals surface area contributed by atoms with Crippen LogP contribution >= 0.6 is 0 Å². The normalized spacial score (nSPS) is 11.8. The van der Waals surface area contributed by atoms with Gasteiger partial charge in [0.1, 0.15) is 29.7 Å². The van der Waals surface area contributed by atoms with Gasteiger partial charge in [-0.3, -0.25) is 9.59 Å². The van der Waals surface area contributed by atoms with Gasteiger partial charge < -0.3 is 35.2 Å². The minimum atomic E-state index is -1.29. The molecule has 35 heavy (non-hydrogen) atoms. The van der Waals surface area contributed by atoms with Gasteiger partial charge in [0.25, 0.3) is 5.91 Å². The number of phenolic OH excluding ortho intramolecular Hbond substituents is 1. The van der Waals surface area contributed by atoms with Gasteiger partial charge in [0.2, 0.25) is 5.91 Å². The highest BCUT2D eigenvalue weighted by atomic mass is 16.6. The molecule has 0 aliphatic carbocycles. The van der Waals surface area contributed by atoms with Gasteiger partial charge in [-0.25, -0.2) is 4.79 Å². The second-order valence-corrected chi connectivity index (χ2v) is 8.80. The van der Waals surface area contributed by atoms with Crippen LogP contribution in [0.3, 0.4) is 0 Å². The molecule has 2 rings (SSSR count). The molecule has 0 saturated heterocycles. The van der Waals surface area contributed by atoms with Crippen molar-refractivity contribution in [3.05, 3.63) is 53.6 Å². The lowest BCUT2D eigenvalue weighted by Gasteiger charge is -2.31. The molecule has 0 spiro atoms. The van der Waals surface area contributed by atoms with Gasteiger partial charge >= 0.3 is 6.09 Å². The maximum absolute atomic E-state index is 13.4. The molecule has 3 amide bonds. The summed E-state index contributed by atoms with van der Waals surface area (Å²) < 4.78 is 10.3. The molecule has 0 fully saturated rings. The number of benzene rings is 2. The van der Waals surface area contributed by atoms with E-state index in [4.69, 9.17) is 9.47 Å². The predicted octanol–water partition coefficient (Wildman–Crippen LogP) is 2.73. The van der Waals surface area contributed by atoms with Crippen molar-refractivity contribution in [3.8, 4) is 11.5 Å². The van der Waals surface area contributed by atoms with E-state index >= 15 is 0 Å². The zero-order chi connectivity index (χ0) is 26.2. The van der Waals surface area contributed by atoms with E-state index in [0.29, 0.717) is 17.0 Å². The molecule has 0 aromatic heterocycles. The third-order valence-electron chi connectivity index (χ3n) is 4.93. The van der Waals surface area contributed by atoms with Crippen LogP contribution in [0.25, 0.3) is 0 Å². The Balaban J connectivity index is 2.37. The summed E-state index contributed by atoms with van der Waals surface area (Å²) in [7, 11) is 1.52. The maximum Gasteiger partial charge on any atom is 0.408 e. The van der Waals surface area contributed by atoms with E-state index in [1.165, 1.54) is 13.2 Å². The fourth-order valence-electron chi connectivity index (χ4n) is 3.31. The number of aliphatic hydroxyl groups is 1. The minimum absolute atomic E-state index is 0.154. The summed E-state index contributed by atoms with van der Waals surface area (Å²) >= 11 is 0. The lowest BCUT2D eigenvalue weighted by atomic mass is 10.00. The fraction of sp³-hybridized carbons (Fsp3) is 0.400. The highest BCUT2D eigenvalue weighted by molar-refractivity contribution is 5.98. The van der Waals surface area contributed by atoms with Gasteiger partial charge in [0.15, 0.2) is 0 Å². The van der Waals surface area contributed by atoms with Gasteiger partial charge in [-0.05, 0) is 57.5 Å². The first-order chi connectivity index (χ1) is 16.5. The molecule has 1 atom stereocenters. The van der Waals surface area contributed by atoms with Crippen molar-refractivity contribution in [1.29, 1.82) is 0 Å². The SMILES string of the molecule is COc1ccc(NC(=O)C(c2cccc(C)c2O)N(CCO)C(=O)CNC(=O)OC(C)(C)C)cc1. The number of carbonyl (C=O) groups excluding carboxylic acids is 3. The molecule has 0 bridgehead atoms. The smallest absolute Gasteiger partial charge is 0.408 e. The Labute approximate surface area is 204 Å². The molecule has 0 aliphatic heterocycles. The molecule has 10 nitrogen and oxygen atoms in total. The van der Waals surface area contributed by atoms with Crippen LogP contribution in [-0.4, -0.2) is 65.4 Å². The molecule has 2 aromatic rings. The summed E-state index contributed by atoms with van der Waals surface area (Å²) in [6, 6.07) is 10.1. The number of aromatic hydroxyl groups is 1. The topological polar surface area (TPSA) is 137 Å². The number of hydrogen-bond donors (Lipinski definition) is 4. The first-order valence-electron chi connectivity index (χ1n) is 11.1. The van der Waals surface area contributed by atoms with Gasteiger partial charge in [0.05, 0.1) is 13.7 Å². The number of ether oxygens (including phenoxy) is 2. The van der Waals surface area contributed by atoms with E-state index in [1.807, 2.05) is 0 Å². The van der Waals surface area contributed by atoms with E-state index in [9.17, 15) is 24.6 Å². The minimum Gasteiger partial charge on any atom is -0.507 e. The van der Waals surface area contributed by atoms with Gasteiger partial charge in [-0.15, -0.1) is 0 Å². The molecule has 0 heterocycles. The Morgan fingerprint density at radius 1 is 1.09 bits per heavy atom. The maximum atomic E-state index is 13.4. The van der Waals surface area contributed by atoms with Crippen LogP contribution in [0.5, 0.6) is 11.5 Å². The summed E-state index contributed by atoms with van der Waals surface area (Å²) in [6.45, 7) is 5.58. The van der Waals surface area contributed by atoms with Crippen LogP contribution in [-0.2, 0) is 14.3 Å². The van der Waals surface area contributed by atoms with Crippen molar-refractivity contribution in [1.82, 2.24) is 10.2 Å². The fourth-order valence-corrected chi connectivity index (χ4v) is 3.31. The Bertz CT molecular complexity index is 1030. The Kier molecular flexibility index (Phi) is 9.47. The third-order valence-corrected chi connectivity index (χ3v) is 4.93. The monoisotopic (exact) mass is 487 g/mol. The molecule has 0 aliphatic rings. The number of phenols is 1. The summed E-state index contributed by atoms with van der Waals surface area (Å²) in [4.78, 5) is 39.7. The number of anilines is 1. The standard InChI is InChI=1S/C25H33N3O7/c1-16-7-6-8-19(22(16)31)21(23(32)27-17-9-11-18(34-5)12-10-17)28(13-14-29)20(30)15-26-24(33)35-25(2,3)4/h6-12,21,29,31H,13-15H2,1-5H3,(H,26,33)(H,27,32). The second kappa shape index (κ2) is 12.1. The quantitative estimate of drug-likeness (QED) is 0.427. The predicted molar refractivity (Wildman–Crippen MR) is 130 cm³/mol. The number of aryl methyl sites for hydroxylation is 1. The van der Waals surface area contributed by atoms with E-state index in [2.05, 4.69) is 10.6 Å². The Morgan fingerprint density at radius 2 is 1.74 bits per heavy atom. The largest absolute Gasteiger partial charge is 0.507 e. The molecule has 0 radical (unpaired) electrons. The molecular weight excluding hydrogens is 454 g/mol. The number of nitrogens with zero attached hydrogens (tertiary/aromatic N) is 1. The lowest BCUT2D eigenvalue weighted by molar-refractivity contribution is -0.138. The number of amides is 3. The van der Waals surface area contributed by atoms with E-state index in [0.717, 1.165) is 4.90 Å². The molecule has 190 valence electrons. The van der Waals surface area contributed by atoms with Crippen LogP contribution in [0.2, 0.25) is 0 Å². The van der Waals surface area contributed by atoms with E-state index in [-0.39, 0.29) is 17.9 Å². The molecule has 4 N–H and O–H groups in total. The average Bonchev–Trinajstić information content (AvgIpc) is 2.79. The van der Waals surface area contributed by atoms with Crippen LogP contribution in [0, 0.1) is 6.92 Å². The number of hydrogen-bond acceptors (Lipinski definition) is 7. The van der Waals surface area contributed by atoms with Crippen molar-refractivity contribution in [2.24, 2.45) is 0 Å². The average molecular weight is 488 g/mol. The molecule has 1 unspecified atom stereocenters. The van der Waals surface area contributed by atoms with Gasteiger partial charge in [0, 0.05) is 17.8 Å². The zero-order valence-electron chi connectivity index (χ0n) is 20.6. The van der Waals surface area contributed by atoms with Crippen LogP contribution in [0.15, 0.2) is 42.5 Å². The van der Waals surface area contributed by atoms with Crippen LogP contribution in [0.4, 0.5) is 10.5 Å². The number of aliphatic hydroxyl groups excluding tert-OH is 1. The molecule has 0 saturated carbocycles. The first-order valence-corrected chi connectivity index (χ1v) is 11.1. The second-order valence-electron chi connectivity index (χ2n) is 8.80. The number of rotatable bonds is 9. The Hall–Kier alpha value is -3.79. The summed E-state index contributed by atoms with van der Waals surface area (Å²) in [5.74, 6) is -0.824. The first kappa shape index (κ1) is 27.5. The number of methoxy groups -OCH3 is 1. The van der Waals surface area contributed by atoms with Gasteiger partial charge in [-0.1, -0.05) is 18.2 Å². The highest BCUT2D eigenvalue weighted by Crippen LogP contribution is 2.32. The summed E-state index contributed by atoms with van der Waals surface area (Å²) in [5, 5.41) is 25.5. The highest BCUT2D eigenvalue weighted by Gasteiger charge is 2.34. The van der Waals surface area contributed by atoms with E-state index < -0.39 is 42.7 Å². The number of para-hydroxylation sites is 1. The molecular formula is C25H33N3O7. The van der Waals surface area contributed by atoms with Gasteiger partial charge in [-0.2, -0.15) is 0 Å². The Morgan fingerprint density at radius 3 is 2.31 bits per heavy atom. The molecule has 2 aromatic carbocycles. The number of carbonyl (C=O) groups is 3. The van der Waals surface area contributed by atoms with Crippen molar-refractivity contribution in [3.63, 3.8) is 0 Å². The lowest BCUT2D eigenvalue weighted by Crippen LogP contribution is -2.47. The third kappa shape index (κ3) is 7.89. The van der Waals surface area contributed by atoms with Crippen molar-refractivity contribution < 1.29 is 34.1 Å². The van der Waals surface area contributed by atoms with Crippen molar-refractivity contribution in [2.45, 2.75) is 39.3 Å². The number of alkyl carbamates (subject to hydrolysis) is 1. The zero-order valence-corrected chi connectivity index (χ0v) is 20.6. The van der Waals surface area contributed by atoms with E-state index in [1.54, 1.807) is 64.1 Å². The molecule has 10 heteroatoms.